The number of hydrogen-bond donors (Lipinski definition) is 3. The Balaban J connectivity index is 1.12. The zero-order valence-electron chi connectivity index (χ0n) is 30.6. The Bertz CT molecular complexity index is 2100. The summed E-state index contributed by atoms with van der Waals surface area (Å²) in [6.45, 7) is 0.791. The van der Waals surface area contributed by atoms with E-state index in [4.69, 9.17) is 26.1 Å². The van der Waals surface area contributed by atoms with E-state index in [0.717, 1.165) is 65.1 Å². The second kappa shape index (κ2) is 16.1. The molecule has 2 fully saturated rings. The predicted octanol–water partition coefficient (Wildman–Crippen LogP) is 8.11. The second-order valence-corrected chi connectivity index (χ2v) is 14.8. The van der Waals surface area contributed by atoms with E-state index in [1.54, 1.807) is 7.11 Å². The number of anilines is 1. The number of aryl methyl sites for hydroxylation is 1. The molecule has 0 bridgehead atoms. The lowest BCUT2D eigenvalue weighted by Crippen LogP contribution is -2.25. The highest BCUT2D eigenvalue weighted by Gasteiger charge is 2.38. The van der Waals surface area contributed by atoms with Gasteiger partial charge in [0.05, 0.1) is 42.5 Å². The maximum absolute atomic E-state index is 14.6. The van der Waals surface area contributed by atoms with Crippen molar-refractivity contribution in [3.8, 4) is 34.1 Å². The van der Waals surface area contributed by atoms with Gasteiger partial charge in [0.2, 0.25) is 17.7 Å². The van der Waals surface area contributed by atoms with Crippen molar-refractivity contribution < 1.29 is 37.3 Å². The fraction of sp³-hybridized carbons (Fsp3) is 0.415. The van der Waals surface area contributed by atoms with Crippen molar-refractivity contribution in [2.24, 2.45) is 5.92 Å². The Morgan fingerprint density at radius 1 is 0.982 bits per heavy atom. The van der Waals surface area contributed by atoms with Gasteiger partial charge in [-0.05, 0) is 80.3 Å². The van der Waals surface area contributed by atoms with Gasteiger partial charge in [-0.15, -0.1) is 0 Å². The van der Waals surface area contributed by atoms with E-state index < -0.39 is 29.7 Å². The molecule has 2 aromatic heterocycles. The Kier molecular flexibility index (Phi) is 11.2. The number of nitrogens with one attached hydrogen (secondary N) is 2. The number of carboxylic acid groups (broad SMARTS) is 1. The lowest BCUT2D eigenvalue weighted by Gasteiger charge is -2.23. The highest BCUT2D eigenvalue weighted by Crippen LogP contribution is 2.45. The molecular weight excluding hydrogens is 735 g/mol. The normalized spacial score (nSPS) is 19.7. The molecular formula is C41H43ClF3N5O5. The van der Waals surface area contributed by atoms with Gasteiger partial charge in [0.25, 0.3) is 0 Å². The molecule has 2 aliphatic heterocycles. The first kappa shape index (κ1) is 38.4. The second-order valence-electron chi connectivity index (χ2n) is 14.4. The van der Waals surface area contributed by atoms with Crippen LogP contribution in [0.5, 0.6) is 11.8 Å². The molecule has 3 atom stereocenters. The number of methoxy groups -OCH3 is 2. The average Bonchev–Trinajstić information content (AvgIpc) is 3.92. The number of rotatable bonds is 13. The van der Waals surface area contributed by atoms with Crippen LogP contribution in [0, 0.1) is 5.92 Å². The van der Waals surface area contributed by atoms with Crippen LogP contribution in [0.4, 0.5) is 19.0 Å². The number of aliphatic carboxylic acids is 1. The molecule has 4 aromatic rings. The Hall–Kier alpha value is -4.88. The minimum atomic E-state index is -4.70. The highest BCUT2D eigenvalue weighted by atomic mass is 35.5. The fourth-order valence-electron chi connectivity index (χ4n) is 8.15. The van der Waals surface area contributed by atoms with Crippen LogP contribution < -0.4 is 20.1 Å². The Morgan fingerprint density at radius 2 is 1.73 bits per heavy atom. The molecule has 14 heteroatoms. The number of carboxylic acids is 1. The van der Waals surface area contributed by atoms with Gasteiger partial charge in [0, 0.05) is 47.8 Å². The Labute approximate surface area is 322 Å². The van der Waals surface area contributed by atoms with E-state index >= 15 is 0 Å². The Morgan fingerprint density at radius 3 is 2.44 bits per heavy atom. The van der Waals surface area contributed by atoms with Crippen LogP contribution in [0.3, 0.4) is 0 Å². The molecule has 290 valence electrons. The monoisotopic (exact) mass is 777 g/mol. The minimum absolute atomic E-state index is 0.0576. The number of aromatic nitrogens is 2. The zero-order valence-corrected chi connectivity index (χ0v) is 31.4. The van der Waals surface area contributed by atoms with Crippen LogP contribution in [0.2, 0.25) is 5.02 Å². The average molecular weight is 778 g/mol. The van der Waals surface area contributed by atoms with E-state index in [1.165, 1.54) is 7.11 Å². The number of alkyl halides is 3. The molecule has 2 saturated heterocycles. The zero-order chi connectivity index (χ0) is 38.9. The summed E-state index contributed by atoms with van der Waals surface area (Å²) in [4.78, 5) is 34.0. The third kappa shape index (κ3) is 8.23. The van der Waals surface area contributed by atoms with E-state index in [0.29, 0.717) is 48.8 Å². The summed E-state index contributed by atoms with van der Waals surface area (Å²) in [5, 5.41) is 16.0. The number of carbonyl (C=O) groups is 2. The number of carbonyl (C=O) groups excluding carboxylic acids is 1. The highest BCUT2D eigenvalue weighted by molar-refractivity contribution is 6.36. The fourth-order valence-corrected chi connectivity index (χ4v) is 8.48. The van der Waals surface area contributed by atoms with Gasteiger partial charge < -0.3 is 25.2 Å². The summed E-state index contributed by atoms with van der Waals surface area (Å²) in [6, 6.07) is 16.3. The number of halogens is 4. The van der Waals surface area contributed by atoms with Crippen molar-refractivity contribution >= 4 is 29.3 Å². The number of likely N-dealkylation sites (tertiary alicyclic amines) is 1. The summed E-state index contributed by atoms with van der Waals surface area (Å²) in [7, 11) is 2.95. The van der Waals surface area contributed by atoms with Gasteiger partial charge in [0.1, 0.15) is 5.82 Å². The topological polar surface area (TPSA) is 126 Å². The quantitative estimate of drug-likeness (QED) is 0.124. The van der Waals surface area contributed by atoms with Crippen LogP contribution >= 0.6 is 11.6 Å². The molecule has 0 saturated carbocycles. The molecule has 3 aliphatic rings. The maximum Gasteiger partial charge on any atom is 0.419 e. The van der Waals surface area contributed by atoms with Crippen LogP contribution in [0.25, 0.3) is 22.4 Å². The van der Waals surface area contributed by atoms with Gasteiger partial charge >= 0.3 is 12.1 Å². The molecule has 2 aromatic carbocycles. The first-order valence-electron chi connectivity index (χ1n) is 18.5. The van der Waals surface area contributed by atoms with Gasteiger partial charge in [-0.2, -0.15) is 18.2 Å². The van der Waals surface area contributed by atoms with Crippen LogP contribution in [0.1, 0.15) is 72.4 Å². The van der Waals surface area contributed by atoms with Crippen LogP contribution in [0.15, 0.2) is 54.6 Å². The molecule has 1 amide bonds. The summed E-state index contributed by atoms with van der Waals surface area (Å²) in [6.07, 6.45) is 0.835. The summed E-state index contributed by atoms with van der Waals surface area (Å²) in [5.74, 6) is -1.12. The summed E-state index contributed by atoms with van der Waals surface area (Å²) in [5.41, 5.74) is 5.19. The van der Waals surface area contributed by atoms with E-state index in [2.05, 4.69) is 15.6 Å². The van der Waals surface area contributed by atoms with E-state index in [9.17, 15) is 27.9 Å². The number of hydrogen-bond acceptors (Lipinski definition) is 8. The van der Waals surface area contributed by atoms with Gasteiger partial charge in [-0.1, -0.05) is 54.1 Å². The van der Waals surface area contributed by atoms with Crippen molar-refractivity contribution in [3.05, 3.63) is 87.4 Å². The van der Waals surface area contributed by atoms with E-state index in [-0.39, 0.29) is 42.3 Å². The number of benzene rings is 2. The number of nitrogens with zero attached hydrogens (tertiary/aromatic N) is 3. The number of ether oxygens (including phenoxy) is 2. The van der Waals surface area contributed by atoms with Gasteiger partial charge in [0.15, 0.2) is 0 Å². The number of amides is 1. The standard InChI is InChI=1S/C41H43ClF3N5O5/c1-54-38-23(6-3-7-26-13-17-35(51)46-26)12-15-34(48-38)31-11-5-10-30(36(31)42)27-8-4-9-29-28(27)14-16-33(29)47-37-32(41(43,44)45)20-25(39(49-37)55-2)22-50-19-18-24(21-50)40(52)53/h4-5,8-12,15,20,24,26,33H,3,6-7,13-14,16-19,21-22H2,1-2H3,(H,46,51)(H,47,49)(H,52,53)/t24-,26-,33+/m1/s1. The number of pyridine rings is 2. The van der Waals surface area contributed by atoms with Crippen molar-refractivity contribution in [1.82, 2.24) is 20.2 Å². The summed E-state index contributed by atoms with van der Waals surface area (Å²) >= 11 is 7.14. The van der Waals surface area contributed by atoms with Gasteiger partial charge in [-0.25, -0.2) is 4.98 Å². The molecule has 3 N–H and O–H groups in total. The maximum atomic E-state index is 14.6. The SMILES string of the molecule is COc1nc(-c2cccc(-c3cccc4c3CC[C@@H]4Nc3nc(OC)c(CN4CC[C@@H](C(=O)O)C4)cc3C(F)(F)F)c2Cl)ccc1CCC[C@@H]1CCC(=O)N1. The first-order chi connectivity index (χ1) is 26.4. The molecule has 1 aliphatic carbocycles. The third-order valence-electron chi connectivity index (χ3n) is 10.9. The molecule has 0 unspecified atom stereocenters. The van der Waals surface area contributed by atoms with E-state index in [1.807, 2.05) is 53.4 Å². The molecule has 7 rings (SSSR count). The predicted molar refractivity (Wildman–Crippen MR) is 202 cm³/mol. The lowest BCUT2D eigenvalue weighted by atomic mass is 9.94. The minimum Gasteiger partial charge on any atom is -0.481 e. The molecule has 0 radical (unpaired) electrons. The first-order valence-corrected chi connectivity index (χ1v) is 18.9. The van der Waals surface area contributed by atoms with Crippen molar-refractivity contribution in [1.29, 1.82) is 0 Å². The van der Waals surface area contributed by atoms with Crippen molar-refractivity contribution in [3.63, 3.8) is 0 Å². The van der Waals surface area contributed by atoms with Gasteiger partial charge in [-0.3, -0.25) is 14.5 Å². The molecule has 10 nitrogen and oxygen atoms in total. The molecule has 0 spiro atoms. The third-order valence-corrected chi connectivity index (χ3v) is 11.3. The number of fused-ring (bicyclic) bond motifs is 1. The molecule has 55 heavy (non-hydrogen) atoms. The van der Waals surface area contributed by atoms with Crippen molar-refractivity contribution in [2.45, 2.75) is 76.2 Å². The van der Waals surface area contributed by atoms with Crippen LogP contribution in [-0.4, -0.2) is 65.2 Å². The lowest BCUT2D eigenvalue weighted by molar-refractivity contribution is -0.141. The smallest absolute Gasteiger partial charge is 0.419 e. The van der Waals surface area contributed by atoms with Crippen LogP contribution in [-0.2, 0) is 35.2 Å². The summed E-state index contributed by atoms with van der Waals surface area (Å²) < 4.78 is 54.8. The largest absolute Gasteiger partial charge is 0.481 e. The molecule has 4 heterocycles. The van der Waals surface area contributed by atoms with Crippen molar-refractivity contribution in [2.75, 3.05) is 32.6 Å².